The van der Waals surface area contributed by atoms with Gasteiger partial charge < -0.3 is 9.73 Å². The Morgan fingerprint density at radius 3 is 2.46 bits per heavy atom. The molecule has 0 aliphatic heterocycles. The molecule has 0 amide bonds. The van der Waals surface area contributed by atoms with E-state index in [1.54, 1.807) is 0 Å². The van der Waals surface area contributed by atoms with Gasteiger partial charge in [-0.15, -0.1) is 21.6 Å². The quantitative estimate of drug-likeness (QED) is 0.122. The predicted molar refractivity (Wildman–Crippen MR) is 141 cm³/mol. The SMILES string of the molecule is Cc1cc2oc(=O)cc(C)c2cc1Nc1csc(/N=C(\N=Nc2ccccc2)c2ccccc2)n1. The molecule has 0 atom stereocenters. The molecular formula is C27H21N5O2S. The molecule has 2 heterocycles. The van der Waals surface area contributed by atoms with Crippen molar-refractivity contribution in [1.82, 2.24) is 4.98 Å². The molecule has 0 spiro atoms. The number of nitrogens with one attached hydrogen (secondary N) is 1. The highest BCUT2D eigenvalue weighted by Crippen LogP contribution is 2.30. The Morgan fingerprint density at radius 1 is 0.943 bits per heavy atom. The standard InChI is InChI=1S/C27H21N5O2S/c1-17-14-25(33)34-23-13-18(2)22(15-21(17)23)28-24-16-35-27(29-24)30-26(19-9-5-3-6-10-19)32-31-20-11-7-4-8-12-20/h3-16,28H,1-2H3/b30-26-,32-31?. The van der Waals surface area contributed by atoms with Crippen LogP contribution in [0.5, 0.6) is 0 Å². The molecule has 172 valence electrons. The fourth-order valence-electron chi connectivity index (χ4n) is 3.53. The third kappa shape index (κ3) is 5.23. The van der Waals surface area contributed by atoms with Crippen LogP contribution in [0.2, 0.25) is 0 Å². The number of anilines is 2. The van der Waals surface area contributed by atoms with Crippen molar-refractivity contribution >= 4 is 50.5 Å². The van der Waals surface area contributed by atoms with E-state index in [9.17, 15) is 4.79 Å². The first-order valence-corrected chi connectivity index (χ1v) is 11.8. The first-order valence-electron chi connectivity index (χ1n) is 10.9. The predicted octanol–water partition coefficient (Wildman–Crippen LogP) is 7.47. The average molecular weight is 480 g/mol. The number of aliphatic imine (C=N–C) groups is 1. The summed E-state index contributed by atoms with van der Waals surface area (Å²) in [6.07, 6.45) is 0. The molecule has 0 saturated carbocycles. The topological polar surface area (TPSA) is 92.2 Å². The largest absolute Gasteiger partial charge is 0.423 e. The summed E-state index contributed by atoms with van der Waals surface area (Å²) in [4.78, 5) is 21.0. The van der Waals surface area contributed by atoms with Crippen molar-refractivity contribution in [2.75, 3.05) is 5.32 Å². The molecule has 2 aromatic heterocycles. The van der Waals surface area contributed by atoms with Gasteiger partial charge in [-0.2, -0.15) is 4.99 Å². The smallest absolute Gasteiger partial charge is 0.336 e. The van der Waals surface area contributed by atoms with E-state index in [0.717, 1.165) is 33.5 Å². The van der Waals surface area contributed by atoms with Crippen LogP contribution in [0.15, 0.2) is 109 Å². The fraction of sp³-hybridized carbons (Fsp3) is 0.0741. The molecule has 0 aliphatic rings. The van der Waals surface area contributed by atoms with Crippen LogP contribution in [0.25, 0.3) is 11.0 Å². The third-order valence-electron chi connectivity index (χ3n) is 5.30. The lowest BCUT2D eigenvalue weighted by atomic mass is 10.1. The maximum atomic E-state index is 11.7. The zero-order valence-corrected chi connectivity index (χ0v) is 19.9. The molecule has 35 heavy (non-hydrogen) atoms. The highest BCUT2D eigenvalue weighted by atomic mass is 32.1. The van der Waals surface area contributed by atoms with E-state index in [0.29, 0.717) is 22.4 Å². The molecule has 3 aromatic carbocycles. The van der Waals surface area contributed by atoms with Crippen LogP contribution < -0.4 is 10.9 Å². The average Bonchev–Trinajstić information content (AvgIpc) is 3.30. The summed E-state index contributed by atoms with van der Waals surface area (Å²) in [5, 5.41) is 15.4. The van der Waals surface area contributed by atoms with Gasteiger partial charge >= 0.3 is 5.63 Å². The number of rotatable bonds is 5. The molecule has 1 N–H and O–H groups in total. The Labute approximate surface area is 205 Å². The van der Waals surface area contributed by atoms with Crippen molar-refractivity contribution in [2.45, 2.75) is 13.8 Å². The summed E-state index contributed by atoms with van der Waals surface area (Å²) in [5.74, 6) is 1.14. The lowest BCUT2D eigenvalue weighted by Gasteiger charge is -2.09. The monoisotopic (exact) mass is 479 g/mol. The Kier molecular flexibility index (Phi) is 6.28. The molecule has 0 fully saturated rings. The minimum absolute atomic E-state index is 0.351. The van der Waals surface area contributed by atoms with Crippen molar-refractivity contribution in [3.05, 3.63) is 111 Å². The van der Waals surface area contributed by atoms with Gasteiger partial charge in [-0.1, -0.05) is 48.5 Å². The number of azo groups is 1. The molecule has 0 bridgehead atoms. The third-order valence-corrected chi connectivity index (χ3v) is 6.04. The molecule has 7 nitrogen and oxygen atoms in total. The zero-order valence-electron chi connectivity index (χ0n) is 19.1. The van der Waals surface area contributed by atoms with E-state index < -0.39 is 0 Å². The number of benzene rings is 3. The van der Waals surface area contributed by atoms with E-state index in [2.05, 4.69) is 25.5 Å². The van der Waals surface area contributed by atoms with Crippen molar-refractivity contribution in [2.24, 2.45) is 15.2 Å². The summed E-state index contributed by atoms with van der Waals surface area (Å²) >= 11 is 1.41. The summed E-state index contributed by atoms with van der Waals surface area (Å²) in [7, 11) is 0. The Bertz CT molecular complexity index is 1610. The van der Waals surface area contributed by atoms with E-state index in [-0.39, 0.29) is 5.63 Å². The van der Waals surface area contributed by atoms with Gasteiger partial charge in [0, 0.05) is 28.1 Å². The van der Waals surface area contributed by atoms with Crippen molar-refractivity contribution in [1.29, 1.82) is 0 Å². The van der Waals surface area contributed by atoms with Crippen molar-refractivity contribution < 1.29 is 4.42 Å². The fourth-order valence-corrected chi connectivity index (χ4v) is 4.15. The van der Waals surface area contributed by atoms with Crippen LogP contribution in [0, 0.1) is 13.8 Å². The highest BCUT2D eigenvalue weighted by Gasteiger charge is 2.10. The molecule has 5 rings (SSSR count). The van der Waals surface area contributed by atoms with Crippen molar-refractivity contribution in [3.8, 4) is 0 Å². The van der Waals surface area contributed by atoms with E-state index in [1.807, 2.05) is 92.0 Å². The summed E-state index contributed by atoms with van der Waals surface area (Å²) in [6.45, 7) is 3.84. The maximum Gasteiger partial charge on any atom is 0.336 e. The van der Waals surface area contributed by atoms with Gasteiger partial charge in [-0.25, -0.2) is 9.78 Å². The first-order chi connectivity index (χ1) is 17.0. The number of aromatic nitrogens is 1. The second-order valence-electron chi connectivity index (χ2n) is 7.89. The number of fused-ring (bicyclic) bond motifs is 1. The van der Waals surface area contributed by atoms with Crippen molar-refractivity contribution in [3.63, 3.8) is 0 Å². The molecule has 0 radical (unpaired) electrons. The summed E-state index contributed by atoms with van der Waals surface area (Å²) in [5.41, 5.74) is 4.48. The second-order valence-corrected chi connectivity index (χ2v) is 8.73. The minimum Gasteiger partial charge on any atom is -0.423 e. The number of aryl methyl sites for hydroxylation is 2. The Morgan fingerprint density at radius 2 is 1.69 bits per heavy atom. The lowest BCUT2D eigenvalue weighted by molar-refractivity contribution is 0.559. The number of nitrogens with zero attached hydrogens (tertiary/aromatic N) is 4. The molecule has 5 aromatic rings. The van der Waals surface area contributed by atoms with Gasteiger partial charge in [-0.3, -0.25) is 0 Å². The molecular weight excluding hydrogens is 458 g/mol. The normalized spacial score (nSPS) is 11.9. The molecule has 8 heteroatoms. The second kappa shape index (κ2) is 9.82. The number of hydrogen-bond donors (Lipinski definition) is 1. The van der Waals surface area contributed by atoms with Gasteiger partial charge in [0.2, 0.25) is 5.13 Å². The van der Waals surface area contributed by atoms with Gasteiger partial charge in [0.1, 0.15) is 11.4 Å². The van der Waals surface area contributed by atoms with E-state index in [4.69, 9.17) is 4.42 Å². The van der Waals surface area contributed by atoms with Crippen LogP contribution in [0.4, 0.5) is 22.3 Å². The molecule has 0 unspecified atom stereocenters. The van der Waals surface area contributed by atoms with E-state index in [1.165, 1.54) is 17.4 Å². The van der Waals surface area contributed by atoms with Crippen LogP contribution in [-0.2, 0) is 0 Å². The van der Waals surface area contributed by atoms with Gasteiger partial charge in [-0.05, 0) is 49.2 Å². The number of hydrogen-bond acceptors (Lipinski definition) is 7. The number of amidine groups is 1. The lowest BCUT2D eigenvalue weighted by Crippen LogP contribution is -2.00. The zero-order chi connectivity index (χ0) is 24.2. The molecule has 0 aliphatic carbocycles. The number of thiazole rings is 1. The van der Waals surface area contributed by atoms with Gasteiger partial charge in [0.25, 0.3) is 0 Å². The van der Waals surface area contributed by atoms with Crippen LogP contribution in [0.3, 0.4) is 0 Å². The molecule has 0 saturated heterocycles. The summed E-state index contributed by atoms with van der Waals surface area (Å²) < 4.78 is 5.34. The maximum absolute atomic E-state index is 11.7. The van der Waals surface area contributed by atoms with E-state index >= 15 is 0 Å². The van der Waals surface area contributed by atoms with Crippen LogP contribution >= 0.6 is 11.3 Å². The van der Waals surface area contributed by atoms with Gasteiger partial charge in [0.05, 0.1) is 5.69 Å². The Balaban J connectivity index is 1.45. The first kappa shape index (κ1) is 22.4. The highest BCUT2D eigenvalue weighted by molar-refractivity contribution is 7.13. The summed E-state index contributed by atoms with van der Waals surface area (Å²) in [6, 6.07) is 24.5. The minimum atomic E-state index is -0.351. The van der Waals surface area contributed by atoms with Gasteiger partial charge in [0.15, 0.2) is 5.84 Å². The van der Waals surface area contributed by atoms with Crippen LogP contribution in [-0.4, -0.2) is 10.8 Å². The van der Waals surface area contributed by atoms with Crippen LogP contribution in [0.1, 0.15) is 16.7 Å². The Hall–Kier alpha value is -4.43.